The van der Waals surface area contributed by atoms with Crippen molar-refractivity contribution in [1.29, 1.82) is 0 Å². The van der Waals surface area contributed by atoms with E-state index >= 15 is 0 Å². The zero-order chi connectivity index (χ0) is 13.9. The van der Waals surface area contributed by atoms with Crippen molar-refractivity contribution in [3.8, 4) is 11.5 Å². The van der Waals surface area contributed by atoms with Gasteiger partial charge in [-0.3, -0.25) is 4.98 Å². The molecule has 1 heterocycles. The standard InChI is InChI=1S/C16H11Br2NO/c17-10-12-4-6-13(8-15(12)18)20-14-5-3-11-2-1-7-19-16(11)9-14/h1-9H,10H2. The van der Waals surface area contributed by atoms with Gasteiger partial charge in [0, 0.05) is 27.5 Å². The van der Waals surface area contributed by atoms with Crippen LogP contribution in [-0.4, -0.2) is 4.98 Å². The first-order valence-electron chi connectivity index (χ1n) is 6.13. The van der Waals surface area contributed by atoms with E-state index in [9.17, 15) is 0 Å². The van der Waals surface area contributed by atoms with Crippen LogP contribution in [0.3, 0.4) is 0 Å². The van der Waals surface area contributed by atoms with E-state index in [-0.39, 0.29) is 0 Å². The number of aromatic nitrogens is 1. The van der Waals surface area contributed by atoms with Gasteiger partial charge in [-0.05, 0) is 35.9 Å². The monoisotopic (exact) mass is 391 g/mol. The van der Waals surface area contributed by atoms with Crippen molar-refractivity contribution in [2.45, 2.75) is 5.33 Å². The second kappa shape index (κ2) is 5.94. The van der Waals surface area contributed by atoms with E-state index < -0.39 is 0 Å². The second-order valence-corrected chi connectivity index (χ2v) is 5.76. The van der Waals surface area contributed by atoms with Crippen molar-refractivity contribution in [1.82, 2.24) is 4.98 Å². The third kappa shape index (κ3) is 2.86. The number of nitrogens with zero attached hydrogens (tertiary/aromatic N) is 1. The van der Waals surface area contributed by atoms with Gasteiger partial charge in [-0.25, -0.2) is 0 Å². The Balaban J connectivity index is 1.90. The third-order valence-corrected chi connectivity index (χ3v) is 4.32. The van der Waals surface area contributed by atoms with Gasteiger partial charge in [0.1, 0.15) is 11.5 Å². The van der Waals surface area contributed by atoms with E-state index in [2.05, 4.69) is 36.8 Å². The fraction of sp³-hybridized carbons (Fsp3) is 0.0625. The maximum Gasteiger partial charge on any atom is 0.129 e. The minimum Gasteiger partial charge on any atom is -0.457 e. The molecule has 0 radical (unpaired) electrons. The van der Waals surface area contributed by atoms with Crippen LogP contribution in [-0.2, 0) is 5.33 Å². The summed E-state index contributed by atoms with van der Waals surface area (Å²) in [6.07, 6.45) is 1.79. The molecule has 0 amide bonds. The molecule has 0 bridgehead atoms. The largest absolute Gasteiger partial charge is 0.457 e. The van der Waals surface area contributed by atoms with Crippen LogP contribution >= 0.6 is 31.9 Å². The first kappa shape index (κ1) is 13.6. The molecule has 1 aromatic heterocycles. The summed E-state index contributed by atoms with van der Waals surface area (Å²) < 4.78 is 6.91. The predicted molar refractivity (Wildman–Crippen MR) is 88.6 cm³/mol. The highest BCUT2D eigenvalue weighted by atomic mass is 79.9. The number of rotatable bonds is 3. The molecule has 0 aliphatic carbocycles. The smallest absolute Gasteiger partial charge is 0.129 e. The Morgan fingerprint density at radius 1 is 1.00 bits per heavy atom. The third-order valence-electron chi connectivity index (χ3n) is 2.98. The van der Waals surface area contributed by atoms with E-state index in [0.29, 0.717) is 0 Å². The Bertz CT molecular complexity index is 758. The van der Waals surface area contributed by atoms with Gasteiger partial charge < -0.3 is 4.74 Å². The van der Waals surface area contributed by atoms with Crippen LogP contribution in [0.15, 0.2) is 59.2 Å². The molecule has 0 unspecified atom stereocenters. The molecule has 0 saturated heterocycles. The fourth-order valence-electron chi connectivity index (χ4n) is 1.95. The summed E-state index contributed by atoms with van der Waals surface area (Å²) in [6, 6.07) is 15.8. The molecule has 0 aliphatic rings. The SMILES string of the molecule is BrCc1ccc(Oc2ccc3cccnc3c2)cc1Br. The number of benzene rings is 2. The van der Waals surface area contributed by atoms with Gasteiger partial charge in [-0.15, -0.1) is 0 Å². The van der Waals surface area contributed by atoms with Crippen LogP contribution < -0.4 is 4.74 Å². The minimum absolute atomic E-state index is 0.787. The molecular weight excluding hydrogens is 382 g/mol. The summed E-state index contributed by atoms with van der Waals surface area (Å²) in [5.41, 5.74) is 2.12. The highest BCUT2D eigenvalue weighted by Gasteiger charge is 2.03. The zero-order valence-electron chi connectivity index (χ0n) is 10.5. The van der Waals surface area contributed by atoms with Crippen molar-refractivity contribution >= 4 is 42.8 Å². The maximum absolute atomic E-state index is 5.88. The minimum atomic E-state index is 0.787. The molecule has 0 saturated carbocycles. The van der Waals surface area contributed by atoms with E-state index in [1.807, 2.05) is 48.5 Å². The van der Waals surface area contributed by atoms with Gasteiger partial charge in [-0.1, -0.05) is 44.0 Å². The summed E-state index contributed by atoms with van der Waals surface area (Å²) >= 11 is 6.99. The first-order chi connectivity index (χ1) is 9.76. The number of pyridine rings is 1. The molecule has 0 atom stereocenters. The normalized spacial score (nSPS) is 10.7. The maximum atomic E-state index is 5.88. The van der Waals surface area contributed by atoms with Crippen LogP contribution in [0.2, 0.25) is 0 Å². The Labute approximate surface area is 134 Å². The summed E-state index contributed by atoms with van der Waals surface area (Å²) in [6.45, 7) is 0. The van der Waals surface area contributed by atoms with Crippen LogP contribution in [0.4, 0.5) is 0 Å². The molecule has 0 fully saturated rings. The second-order valence-electron chi connectivity index (χ2n) is 4.35. The van der Waals surface area contributed by atoms with Crippen molar-refractivity contribution in [3.05, 3.63) is 64.8 Å². The van der Waals surface area contributed by atoms with Crippen LogP contribution in [0.25, 0.3) is 10.9 Å². The van der Waals surface area contributed by atoms with Gasteiger partial charge in [0.25, 0.3) is 0 Å². The summed E-state index contributed by atoms with van der Waals surface area (Å²) in [5.74, 6) is 1.59. The molecule has 4 heteroatoms. The number of hydrogen-bond donors (Lipinski definition) is 0. The quantitative estimate of drug-likeness (QED) is 0.534. The number of ether oxygens (including phenoxy) is 1. The topological polar surface area (TPSA) is 22.1 Å². The molecule has 100 valence electrons. The van der Waals surface area contributed by atoms with Crippen molar-refractivity contribution in [2.75, 3.05) is 0 Å². The van der Waals surface area contributed by atoms with E-state index in [0.717, 1.165) is 32.2 Å². The molecule has 0 spiro atoms. The summed E-state index contributed by atoms with van der Waals surface area (Å²) in [7, 11) is 0. The lowest BCUT2D eigenvalue weighted by Gasteiger charge is -2.08. The predicted octanol–water partition coefficient (Wildman–Crippen LogP) is 5.68. The molecule has 2 nitrogen and oxygen atoms in total. The summed E-state index contributed by atoms with van der Waals surface area (Å²) in [5, 5.41) is 1.92. The Hall–Kier alpha value is -1.39. The molecule has 20 heavy (non-hydrogen) atoms. The fourth-order valence-corrected chi connectivity index (χ4v) is 3.31. The lowest BCUT2D eigenvalue weighted by molar-refractivity contribution is 0.483. The Morgan fingerprint density at radius 3 is 2.60 bits per heavy atom. The van der Waals surface area contributed by atoms with E-state index in [1.54, 1.807) is 6.20 Å². The highest BCUT2D eigenvalue weighted by molar-refractivity contribution is 9.10. The van der Waals surface area contributed by atoms with Crippen molar-refractivity contribution in [2.24, 2.45) is 0 Å². The van der Waals surface area contributed by atoms with Gasteiger partial charge in [-0.2, -0.15) is 0 Å². The molecule has 2 aromatic carbocycles. The Kier molecular flexibility index (Phi) is 4.03. The summed E-state index contributed by atoms with van der Waals surface area (Å²) in [4.78, 5) is 4.33. The lowest BCUT2D eigenvalue weighted by atomic mass is 10.2. The molecular formula is C16H11Br2NO. The number of halogens is 2. The van der Waals surface area contributed by atoms with Crippen molar-refractivity contribution in [3.63, 3.8) is 0 Å². The first-order valence-corrected chi connectivity index (χ1v) is 8.05. The molecule has 3 rings (SSSR count). The molecule has 0 aliphatic heterocycles. The average molecular weight is 393 g/mol. The van der Waals surface area contributed by atoms with Gasteiger partial charge in [0.15, 0.2) is 0 Å². The van der Waals surface area contributed by atoms with Crippen LogP contribution in [0, 0.1) is 0 Å². The average Bonchev–Trinajstić information content (AvgIpc) is 2.47. The zero-order valence-corrected chi connectivity index (χ0v) is 13.7. The number of hydrogen-bond acceptors (Lipinski definition) is 2. The molecule has 0 N–H and O–H groups in total. The highest BCUT2D eigenvalue weighted by Crippen LogP contribution is 2.29. The lowest BCUT2D eigenvalue weighted by Crippen LogP contribution is -1.87. The van der Waals surface area contributed by atoms with E-state index in [1.165, 1.54) is 5.56 Å². The van der Waals surface area contributed by atoms with Crippen LogP contribution in [0.1, 0.15) is 5.56 Å². The van der Waals surface area contributed by atoms with Gasteiger partial charge in [0.2, 0.25) is 0 Å². The van der Waals surface area contributed by atoms with Gasteiger partial charge >= 0.3 is 0 Å². The Morgan fingerprint density at radius 2 is 1.80 bits per heavy atom. The van der Waals surface area contributed by atoms with Gasteiger partial charge in [0.05, 0.1) is 5.52 Å². The number of alkyl halides is 1. The van der Waals surface area contributed by atoms with Crippen molar-refractivity contribution < 1.29 is 4.74 Å². The van der Waals surface area contributed by atoms with Crippen LogP contribution in [0.5, 0.6) is 11.5 Å². The number of fused-ring (bicyclic) bond motifs is 1. The molecule has 3 aromatic rings. The van der Waals surface area contributed by atoms with E-state index in [4.69, 9.17) is 4.74 Å².